The zero-order chi connectivity index (χ0) is 17.7. The van der Waals surface area contributed by atoms with Crippen LogP contribution in [0.15, 0.2) is 40.8 Å². The summed E-state index contributed by atoms with van der Waals surface area (Å²) >= 11 is 1.67. The minimum Gasteiger partial charge on any atom is -0.457 e. The molecule has 2 aromatic heterocycles. The van der Waals surface area contributed by atoms with Crippen LogP contribution >= 0.6 is 11.3 Å². The Morgan fingerprint density at radius 1 is 1.19 bits per heavy atom. The molecule has 0 radical (unpaired) electrons. The molecule has 1 aromatic carbocycles. The zero-order valence-electron chi connectivity index (χ0n) is 14.8. The van der Waals surface area contributed by atoms with Crippen molar-refractivity contribution in [3.05, 3.63) is 42.2 Å². The molecule has 0 unspecified atom stereocenters. The van der Waals surface area contributed by atoms with Crippen molar-refractivity contribution in [2.75, 3.05) is 19.6 Å². The van der Waals surface area contributed by atoms with E-state index in [1.807, 2.05) is 24.3 Å². The lowest BCUT2D eigenvalue weighted by atomic mass is 10.1. The van der Waals surface area contributed by atoms with Gasteiger partial charge in [-0.2, -0.15) is 0 Å². The lowest BCUT2D eigenvalue weighted by molar-refractivity contribution is 0.0485. The summed E-state index contributed by atoms with van der Waals surface area (Å²) in [6.45, 7) is 5.92. The molecule has 2 aliphatic rings. The molecular weight excluding hydrogens is 346 g/mol. The third-order valence-electron chi connectivity index (χ3n) is 5.60. The van der Waals surface area contributed by atoms with Gasteiger partial charge in [0, 0.05) is 31.7 Å². The van der Waals surface area contributed by atoms with Crippen LogP contribution in [0.5, 0.6) is 0 Å². The lowest BCUT2D eigenvalue weighted by Crippen LogP contribution is -2.54. The second kappa shape index (κ2) is 6.46. The SMILES string of the molecule is C[C@@H]1CN2C[C@H](O)C[C@@H]2CN1Cc1ccc(-c2nc3ccccc3s2)o1. The molecule has 0 aliphatic carbocycles. The number of fused-ring (bicyclic) bond motifs is 2. The number of aromatic nitrogens is 1. The van der Waals surface area contributed by atoms with E-state index in [2.05, 4.69) is 33.8 Å². The molecule has 1 N–H and O–H groups in total. The molecule has 0 amide bonds. The van der Waals surface area contributed by atoms with Gasteiger partial charge in [-0.05, 0) is 37.6 Å². The molecule has 136 valence electrons. The highest BCUT2D eigenvalue weighted by Gasteiger charge is 2.38. The van der Waals surface area contributed by atoms with Crippen LogP contribution in [-0.4, -0.2) is 57.7 Å². The van der Waals surface area contributed by atoms with Crippen molar-refractivity contribution in [2.24, 2.45) is 0 Å². The summed E-state index contributed by atoms with van der Waals surface area (Å²) in [5, 5.41) is 10.9. The Morgan fingerprint density at radius 3 is 2.96 bits per heavy atom. The van der Waals surface area contributed by atoms with Crippen LogP contribution in [0.2, 0.25) is 0 Å². The average Bonchev–Trinajstić information content (AvgIpc) is 3.32. The summed E-state index contributed by atoms with van der Waals surface area (Å²) < 4.78 is 7.31. The molecule has 4 heterocycles. The van der Waals surface area contributed by atoms with Crippen molar-refractivity contribution in [3.63, 3.8) is 0 Å². The topological polar surface area (TPSA) is 52.7 Å². The largest absolute Gasteiger partial charge is 0.457 e. The normalized spacial score (nSPS) is 27.2. The highest BCUT2D eigenvalue weighted by atomic mass is 32.1. The fourth-order valence-corrected chi connectivity index (χ4v) is 5.18. The van der Waals surface area contributed by atoms with Gasteiger partial charge in [-0.1, -0.05) is 12.1 Å². The van der Waals surface area contributed by atoms with Gasteiger partial charge in [-0.15, -0.1) is 11.3 Å². The highest BCUT2D eigenvalue weighted by Crippen LogP contribution is 2.32. The number of benzene rings is 1. The summed E-state index contributed by atoms with van der Waals surface area (Å²) in [6, 6.07) is 13.2. The van der Waals surface area contributed by atoms with Crippen molar-refractivity contribution in [1.29, 1.82) is 0 Å². The standard InChI is InChI=1S/C20H23N3O2S/c1-13-9-23-11-15(24)8-14(23)10-22(13)12-16-6-7-18(25-16)20-21-17-4-2-3-5-19(17)26-20/h2-7,13-15,24H,8-12H2,1H3/t13-,14-,15-/m1/s1. The summed E-state index contributed by atoms with van der Waals surface area (Å²) in [6.07, 6.45) is 0.722. The van der Waals surface area contributed by atoms with E-state index in [1.54, 1.807) is 11.3 Å². The number of thiazole rings is 1. The number of hydrogen-bond acceptors (Lipinski definition) is 6. The number of aliphatic hydroxyl groups excluding tert-OH is 1. The monoisotopic (exact) mass is 369 g/mol. The van der Waals surface area contributed by atoms with Crippen LogP contribution in [-0.2, 0) is 6.54 Å². The van der Waals surface area contributed by atoms with E-state index in [-0.39, 0.29) is 6.10 Å². The second-order valence-electron chi connectivity index (χ2n) is 7.53. The van der Waals surface area contributed by atoms with E-state index in [4.69, 9.17) is 4.42 Å². The van der Waals surface area contributed by atoms with E-state index in [9.17, 15) is 5.11 Å². The molecule has 5 rings (SSSR count). The first-order chi connectivity index (χ1) is 12.7. The number of nitrogens with zero attached hydrogens (tertiary/aromatic N) is 3. The van der Waals surface area contributed by atoms with E-state index in [0.717, 1.165) is 54.6 Å². The molecule has 3 atom stereocenters. The number of para-hydroxylation sites is 1. The molecule has 3 aromatic rings. The third-order valence-corrected chi connectivity index (χ3v) is 6.65. The number of piperazine rings is 1. The molecule has 0 saturated carbocycles. The zero-order valence-corrected chi connectivity index (χ0v) is 15.7. The summed E-state index contributed by atoms with van der Waals surface area (Å²) in [5.74, 6) is 1.84. The fourth-order valence-electron chi connectivity index (χ4n) is 4.25. The Morgan fingerprint density at radius 2 is 2.08 bits per heavy atom. The van der Waals surface area contributed by atoms with Crippen LogP contribution in [0.25, 0.3) is 21.0 Å². The first kappa shape index (κ1) is 16.4. The van der Waals surface area contributed by atoms with Gasteiger partial charge in [0.25, 0.3) is 0 Å². The van der Waals surface area contributed by atoms with Crippen molar-refractivity contribution >= 4 is 21.6 Å². The van der Waals surface area contributed by atoms with E-state index < -0.39 is 0 Å². The molecule has 2 saturated heterocycles. The lowest BCUT2D eigenvalue weighted by Gasteiger charge is -2.41. The molecule has 5 nitrogen and oxygen atoms in total. The van der Waals surface area contributed by atoms with Crippen molar-refractivity contribution in [2.45, 2.75) is 38.1 Å². The van der Waals surface area contributed by atoms with Gasteiger partial charge in [-0.3, -0.25) is 9.80 Å². The van der Waals surface area contributed by atoms with E-state index in [0.29, 0.717) is 12.1 Å². The maximum atomic E-state index is 9.93. The molecule has 2 fully saturated rings. The van der Waals surface area contributed by atoms with Crippen LogP contribution in [0.3, 0.4) is 0 Å². The molecule has 2 aliphatic heterocycles. The quantitative estimate of drug-likeness (QED) is 0.768. The predicted octanol–water partition coefficient (Wildman–Crippen LogP) is 3.20. The van der Waals surface area contributed by atoms with E-state index >= 15 is 0 Å². The summed E-state index contributed by atoms with van der Waals surface area (Å²) in [4.78, 5) is 9.59. The fraction of sp³-hybridized carbons (Fsp3) is 0.450. The highest BCUT2D eigenvalue weighted by molar-refractivity contribution is 7.21. The Kier molecular flexibility index (Phi) is 4.09. The number of furan rings is 1. The van der Waals surface area contributed by atoms with Crippen molar-refractivity contribution in [3.8, 4) is 10.8 Å². The molecule has 0 bridgehead atoms. The Hall–Kier alpha value is -1.73. The second-order valence-corrected chi connectivity index (χ2v) is 8.56. The van der Waals surface area contributed by atoms with Crippen LogP contribution < -0.4 is 0 Å². The van der Waals surface area contributed by atoms with Crippen molar-refractivity contribution < 1.29 is 9.52 Å². The summed E-state index contributed by atoms with van der Waals surface area (Å²) in [5.41, 5.74) is 1.02. The van der Waals surface area contributed by atoms with Gasteiger partial charge < -0.3 is 9.52 Å². The Labute approximate surface area is 156 Å². The average molecular weight is 369 g/mol. The van der Waals surface area contributed by atoms with Gasteiger partial charge in [0.2, 0.25) is 0 Å². The number of hydrogen-bond donors (Lipinski definition) is 1. The van der Waals surface area contributed by atoms with Crippen molar-refractivity contribution in [1.82, 2.24) is 14.8 Å². The van der Waals surface area contributed by atoms with E-state index in [1.165, 1.54) is 4.70 Å². The minimum absolute atomic E-state index is 0.165. The Balaban J connectivity index is 1.32. The molecule has 26 heavy (non-hydrogen) atoms. The number of rotatable bonds is 3. The maximum Gasteiger partial charge on any atom is 0.163 e. The van der Waals surface area contributed by atoms with Gasteiger partial charge in [0.15, 0.2) is 10.8 Å². The predicted molar refractivity (Wildman–Crippen MR) is 103 cm³/mol. The molecule has 0 spiro atoms. The smallest absolute Gasteiger partial charge is 0.163 e. The maximum absolute atomic E-state index is 9.93. The van der Waals surface area contributed by atoms with Gasteiger partial charge >= 0.3 is 0 Å². The van der Waals surface area contributed by atoms with Crippen LogP contribution in [0, 0.1) is 0 Å². The summed E-state index contributed by atoms with van der Waals surface area (Å²) in [7, 11) is 0. The Bertz CT molecular complexity index is 888. The number of aliphatic hydroxyl groups is 1. The molecule has 6 heteroatoms. The third kappa shape index (κ3) is 2.97. The van der Waals surface area contributed by atoms with Gasteiger partial charge in [0.1, 0.15) is 5.76 Å². The first-order valence-electron chi connectivity index (χ1n) is 9.26. The first-order valence-corrected chi connectivity index (χ1v) is 10.1. The van der Waals surface area contributed by atoms with Crippen LogP contribution in [0.1, 0.15) is 19.1 Å². The minimum atomic E-state index is -0.165. The molecular formula is C20H23N3O2S. The van der Waals surface area contributed by atoms with Crippen LogP contribution in [0.4, 0.5) is 0 Å². The van der Waals surface area contributed by atoms with Gasteiger partial charge in [0.05, 0.1) is 22.9 Å². The van der Waals surface area contributed by atoms with Gasteiger partial charge in [-0.25, -0.2) is 4.98 Å².